The summed E-state index contributed by atoms with van der Waals surface area (Å²) in [4.78, 5) is 4.79. The van der Waals surface area contributed by atoms with Crippen LogP contribution >= 0.6 is 11.6 Å². The molecule has 0 aliphatic rings. The summed E-state index contributed by atoms with van der Waals surface area (Å²) in [5, 5.41) is 0.605. The van der Waals surface area contributed by atoms with Gasteiger partial charge in [0.05, 0.1) is 22.7 Å². The molecule has 0 saturated heterocycles. The quantitative estimate of drug-likeness (QED) is 0.273. The van der Waals surface area contributed by atoms with Crippen molar-refractivity contribution < 1.29 is 9.47 Å². The molecule has 4 aromatic rings. The zero-order valence-corrected chi connectivity index (χ0v) is 18.7. The number of hydrogen-bond donors (Lipinski definition) is 0. The second-order valence-corrected chi connectivity index (χ2v) is 8.12. The molecule has 0 aliphatic carbocycles. The van der Waals surface area contributed by atoms with E-state index in [9.17, 15) is 0 Å². The minimum atomic E-state index is 0.372. The maximum atomic E-state index is 6.23. The van der Waals surface area contributed by atoms with Crippen LogP contribution in [0, 0.1) is 13.8 Å². The summed E-state index contributed by atoms with van der Waals surface area (Å²) < 4.78 is 14.2. The number of ether oxygens (including phenoxy) is 2. The first-order valence-electron chi connectivity index (χ1n) is 10.6. The standard InChI is InChI=1S/C26H27ClN2O2/c1-19-13-14-20(2)25(17-19)30-16-8-7-15-29-23-11-5-4-10-22(23)28-26(29)18-31-24-12-6-3-9-21(24)27/h3-6,9-14,17H,7-8,15-16,18H2,1-2H3. The predicted molar refractivity (Wildman–Crippen MR) is 126 cm³/mol. The van der Waals surface area contributed by atoms with Gasteiger partial charge in [0.25, 0.3) is 0 Å². The Kier molecular flexibility index (Phi) is 6.78. The van der Waals surface area contributed by atoms with E-state index in [1.54, 1.807) is 0 Å². The molecule has 31 heavy (non-hydrogen) atoms. The predicted octanol–water partition coefficient (Wildman–Crippen LogP) is 6.74. The first-order valence-corrected chi connectivity index (χ1v) is 11.0. The van der Waals surface area contributed by atoms with Gasteiger partial charge in [-0.2, -0.15) is 0 Å². The van der Waals surface area contributed by atoms with Crippen molar-refractivity contribution in [3.05, 3.63) is 88.7 Å². The van der Waals surface area contributed by atoms with E-state index < -0.39 is 0 Å². The van der Waals surface area contributed by atoms with Gasteiger partial charge in [-0.25, -0.2) is 4.98 Å². The SMILES string of the molecule is Cc1ccc(C)c(OCCCCn2c(COc3ccccc3Cl)nc3ccccc32)c1. The van der Waals surface area contributed by atoms with Crippen LogP contribution < -0.4 is 9.47 Å². The third-order valence-corrected chi connectivity index (χ3v) is 5.62. The van der Waals surface area contributed by atoms with Gasteiger partial charge in [-0.15, -0.1) is 0 Å². The van der Waals surface area contributed by atoms with Crippen molar-refractivity contribution in [3.8, 4) is 11.5 Å². The highest BCUT2D eigenvalue weighted by Crippen LogP contribution is 2.25. The first kappa shape index (κ1) is 21.3. The molecule has 0 N–H and O–H groups in total. The van der Waals surface area contributed by atoms with Crippen molar-refractivity contribution in [2.75, 3.05) is 6.61 Å². The van der Waals surface area contributed by atoms with Crippen LogP contribution in [-0.4, -0.2) is 16.2 Å². The first-order chi connectivity index (χ1) is 15.1. The number of benzene rings is 3. The number of rotatable bonds is 9. The summed E-state index contributed by atoms with van der Waals surface area (Å²) in [5.41, 5.74) is 4.49. The molecule has 160 valence electrons. The summed E-state index contributed by atoms with van der Waals surface area (Å²) in [6.45, 7) is 6.10. The Balaban J connectivity index is 1.40. The number of halogens is 1. The largest absolute Gasteiger partial charge is 0.493 e. The van der Waals surface area contributed by atoms with E-state index in [0.29, 0.717) is 24.0 Å². The van der Waals surface area contributed by atoms with E-state index >= 15 is 0 Å². The highest BCUT2D eigenvalue weighted by molar-refractivity contribution is 6.32. The lowest BCUT2D eigenvalue weighted by Gasteiger charge is -2.12. The van der Waals surface area contributed by atoms with Crippen molar-refractivity contribution in [2.24, 2.45) is 0 Å². The molecular weight excluding hydrogens is 408 g/mol. The Hall–Kier alpha value is -2.98. The molecule has 4 rings (SSSR count). The van der Waals surface area contributed by atoms with Crippen LogP contribution in [0.15, 0.2) is 66.7 Å². The van der Waals surface area contributed by atoms with Gasteiger partial charge in [-0.05, 0) is 68.1 Å². The minimum absolute atomic E-state index is 0.372. The Morgan fingerprint density at radius 3 is 2.55 bits per heavy atom. The highest BCUT2D eigenvalue weighted by atomic mass is 35.5. The number of nitrogens with zero attached hydrogens (tertiary/aromatic N) is 2. The fourth-order valence-corrected chi connectivity index (χ4v) is 3.80. The summed E-state index contributed by atoms with van der Waals surface area (Å²) in [6, 6.07) is 22.0. The van der Waals surface area contributed by atoms with Crippen molar-refractivity contribution in [2.45, 2.75) is 39.8 Å². The molecule has 3 aromatic carbocycles. The van der Waals surface area contributed by atoms with E-state index in [-0.39, 0.29) is 0 Å². The molecule has 0 radical (unpaired) electrons. The van der Waals surface area contributed by atoms with Gasteiger partial charge in [-0.1, -0.05) is 48.0 Å². The fraction of sp³-hybridized carbons (Fsp3) is 0.269. The van der Waals surface area contributed by atoms with Crippen LogP contribution in [0.5, 0.6) is 11.5 Å². The van der Waals surface area contributed by atoms with E-state index in [4.69, 9.17) is 26.1 Å². The number of aryl methyl sites for hydroxylation is 3. The molecule has 0 spiro atoms. The number of para-hydroxylation sites is 3. The fourth-order valence-electron chi connectivity index (χ4n) is 3.61. The number of imidazole rings is 1. The summed E-state index contributed by atoms with van der Waals surface area (Å²) in [7, 11) is 0. The molecule has 0 bridgehead atoms. The molecule has 0 atom stereocenters. The summed E-state index contributed by atoms with van der Waals surface area (Å²) >= 11 is 6.23. The lowest BCUT2D eigenvalue weighted by Crippen LogP contribution is -2.09. The normalized spacial score (nSPS) is 11.1. The van der Waals surface area contributed by atoms with Crippen LogP contribution in [0.4, 0.5) is 0 Å². The Morgan fingerprint density at radius 2 is 1.68 bits per heavy atom. The lowest BCUT2D eigenvalue weighted by atomic mass is 10.1. The Bertz CT molecular complexity index is 1170. The molecule has 0 saturated carbocycles. The number of unbranched alkanes of at least 4 members (excludes halogenated alkanes) is 1. The van der Waals surface area contributed by atoms with Crippen LogP contribution in [0.2, 0.25) is 5.02 Å². The van der Waals surface area contributed by atoms with Gasteiger partial charge in [-0.3, -0.25) is 0 Å². The number of fused-ring (bicyclic) bond motifs is 1. The molecular formula is C26H27ClN2O2. The molecule has 1 aromatic heterocycles. The molecule has 1 heterocycles. The van der Waals surface area contributed by atoms with Gasteiger partial charge in [0.2, 0.25) is 0 Å². The maximum absolute atomic E-state index is 6.23. The monoisotopic (exact) mass is 434 g/mol. The molecule has 5 heteroatoms. The van der Waals surface area contributed by atoms with E-state index in [1.165, 1.54) is 11.1 Å². The van der Waals surface area contributed by atoms with Crippen molar-refractivity contribution in [1.29, 1.82) is 0 Å². The van der Waals surface area contributed by atoms with Gasteiger partial charge in [0, 0.05) is 6.54 Å². The van der Waals surface area contributed by atoms with Crippen LogP contribution in [0.1, 0.15) is 29.8 Å². The van der Waals surface area contributed by atoms with Gasteiger partial charge in [0.15, 0.2) is 0 Å². The van der Waals surface area contributed by atoms with Crippen LogP contribution in [0.3, 0.4) is 0 Å². The third-order valence-electron chi connectivity index (χ3n) is 5.30. The minimum Gasteiger partial charge on any atom is -0.493 e. The topological polar surface area (TPSA) is 36.3 Å². The van der Waals surface area contributed by atoms with Crippen molar-refractivity contribution >= 4 is 22.6 Å². The van der Waals surface area contributed by atoms with E-state index in [1.807, 2.05) is 42.5 Å². The van der Waals surface area contributed by atoms with Crippen molar-refractivity contribution in [3.63, 3.8) is 0 Å². The number of hydrogen-bond acceptors (Lipinski definition) is 3. The van der Waals surface area contributed by atoms with E-state index in [2.05, 4.69) is 42.7 Å². The summed E-state index contributed by atoms with van der Waals surface area (Å²) in [6.07, 6.45) is 1.95. The average molecular weight is 435 g/mol. The zero-order valence-electron chi connectivity index (χ0n) is 18.0. The molecule has 4 nitrogen and oxygen atoms in total. The molecule has 0 aliphatic heterocycles. The maximum Gasteiger partial charge on any atom is 0.147 e. The smallest absolute Gasteiger partial charge is 0.147 e. The average Bonchev–Trinajstić information content (AvgIpc) is 3.13. The van der Waals surface area contributed by atoms with E-state index in [0.717, 1.165) is 42.0 Å². The number of aromatic nitrogens is 2. The van der Waals surface area contributed by atoms with Gasteiger partial charge in [0.1, 0.15) is 23.9 Å². The third kappa shape index (κ3) is 5.20. The zero-order chi connectivity index (χ0) is 21.6. The molecule has 0 fully saturated rings. The van der Waals surface area contributed by atoms with Crippen molar-refractivity contribution in [1.82, 2.24) is 9.55 Å². The molecule has 0 amide bonds. The second kappa shape index (κ2) is 9.88. The lowest BCUT2D eigenvalue weighted by molar-refractivity contribution is 0.285. The van der Waals surface area contributed by atoms with Crippen LogP contribution in [0.25, 0.3) is 11.0 Å². The highest BCUT2D eigenvalue weighted by Gasteiger charge is 2.12. The molecule has 0 unspecified atom stereocenters. The Morgan fingerprint density at radius 1 is 0.871 bits per heavy atom. The second-order valence-electron chi connectivity index (χ2n) is 7.71. The summed E-state index contributed by atoms with van der Waals surface area (Å²) in [5.74, 6) is 2.54. The van der Waals surface area contributed by atoms with Gasteiger partial charge < -0.3 is 14.0 Å². The van der Waals surface area contributed by atoms with Crippen LogP contribution in [-0.2, 0) is 13.2 Å². The Labute approximate surface area is 188 Å². The van der Waals surface area contributed by atoms with Gasteiger partial charge >= 0.3 is 0 Å².